The molecule has 28 heavy (non-hydrogen) atoms. The Morgan fingerprint density at radius 1 is 1.14 bits per heavy atom. The highest BCUT2D eigenvalue weighted by atomic mass is 35.5. The Kier molecular flexibility index (Phi) is 4.69. The Balaban J connectivity index is 1.59. The van der Waals surface area contributed by atoms with Crippen LogP contribution in [0.4, 0.5) is 4.39 Å². The molecule has 3 aromatic rings. The second-order valence-corrected chi connectivity index (χ2v) is 6.85. The smallest absolute Gasteiger partial charge is 0.232 e. The van der Waals surface area contributed by atoms with Gasteiger partial charge in [-0.2, -0.15) is 0 Å². The molecule has 0 spiro atoms. The van der Waals surface area contributed by atoms with E-state index in [2.05, 4.69) is 0 Å². The molecule has 6 heteroatoms. The first-order valence-corrected chi connectivity index (χ1v) is 9.02. The summed E-state index contributed by atoms with van der Waals surface area (Å²) >= 11 is 6.04. The fourth-order valence-electron chi connectivity index (χ4n) is 3.00. The maximum absolute atomic E-state index is 13.9. The summed E-state index contributed by atoms with van der Waals surface area (Å²) < 4.78 is 30.9. The van der Waals surface area contributed by atoms with Gasteiger partial charge in [-0.1, -0.05) is 17.7 Å². The summed E-state index contributed by atoms with van der Waals surface area (Å²) in [6, 6.07) is 11.4. The zero-order valence-electron chi connectivity index (χ0n) is 15.2. The van der Waals surface area contributed by atoms with Gasteiger partial charge in [-0.05, 0) is 50.2 Å². The van der Waals surface area contributed by atoms with Gasteiger partial charge in [0.05, 0.1) is 10.6 Å². The minimum absolute atomic E-state index is 0.0343. The molecule has 0 saturated carbocycles. The largest absolute Gasteiger partial charge is 0.488 e. The van der Waals surface area contributed by atoms with Gasteiger partial charge < -0.3 is 13.9 Å². The van der Waals surface area contributed by atoms with E-state index in [1.54, 1.807) is 37.3 Å². The van der Waals surface area contributed by atoms with Crippen molar-refractivity contribution in [2.75, 3.05) is 0 Å². The molecule has 4 rings (SSSR count). The second-order valence-electron chi connectivity index (χ2n) is 6.44. The number of Topliss-reactive ketones (excluding diaryl/α,β-unsaturated/α-hetero) is 1. The number of fused-ring (bicyclic) bond motifs is 1. The molecular weight excluding hydrogens is 383 g/mol. The van der Waals surface area contributed by atoms with Crippen LogP contribution in [0.25, 0.3) is 6.08 Å². The minimum atomic E-state index is -0.434. The van der Waals surface area contributed by atoms with Crippen LogP contribution < -0.4 is 9.47 Å². The van der Waals surface area contributed by atoms with Gasteiger partial charge in [-0.15, -0.1) is 0 Å². The molecule has 1 aromatic heterocycles. The van der Waals surface area contributed by atoms with Crippen LogP contribution in [-0.4, -0.2) is 5.78 Å². The van der Waals surface area contributed by atoms with Gasteiger partial charge in [0.2, 0.25) is 5.78 Å². The number of furan rings is 1. The lowest BCUT2D eigenvalue weighted by Crippen LogP contribution is -2.01. The van der Waals surface area contributed by atoms with E-state index in [0.29, 0.717) is 33.4 Å². The maximum Gasteiger partial charge on any atom is 0.232 e. The number of rotatable bonds is 4. The van der Waals surface area contributed by atoms with Crippen molar-refractivity contribution in [1.29, 1.82) is 0 Å². The standard InChI is InChI=1S/C22H16ClFO4/c1-12-6-7-14(27-12)10-20-21(25)15-8-9-19(13(2)22(15)28-20)26-11-16-17(23)4-3-5-18(16)24/h3-10H,11H2,1-2H3/b20-10-. The fraction of sp³-hybridized carbons (Fsp3) is 0.136. The molecular formula is C22H16ClFO4. The van der Waals surface area contributed by atoms with Gasteiger partial charge in [-0.25, -0.2) is 4.39 Å². The SMILES string of the molecule is Cc1ccc(/C=C2\Oc3c(ccc(OCc4c(F)cccc4Cl)c3C)C2=O)o1. The molecule has 0 aliphatic carbocycles. The first-order valence-electron chi connectivity index (χ1n) is 8.64. The van der Waals surface area contributed by atoms with E-state index < -0.39 is 5.82 Å². The molecule has 0 N–H and O–H groups in total. The predicted molar refractivity (Wildman–Crippen MR) is 103 cm³/mol. The summed E-state index contributed by atoms with van der Waals surface area (Å²) in [4.78, 5) is 12.6. The Hall–Kier alpha value is -3.05. The first-order chi connectivity index (χ1) is 13.4. The number of halogens is 2. The molecule has 1 aliphatic rings. The number of allylic oxidation sites excluding steroid dienone is 1. The average Bonchev–Trinajstić information content (AvgIpc) is 3.21. The second kappa shape index (κ2) is 7.17. The van der Waals surface area contributed by atoms with Crippen molar-refractivity contribution in [3.8, 4) is 11.5 Å². The maximum atomic E-state index is 13.9. The summed E-state index contributed by atoms with van der Waals surface area (Å²) in [7, 11) is 0. The third kappa shape index (κ3) is 3.29. The normalized spacial score (nSPS) is 14.3. The summed E-state index contributed by atoms with van der Waals surface area (Å²) in [5.41, 5.74) is 1.37. The van der Waals surface area contributed by atoms with Crippen molar-refractivity contribution in [3.05, 3.63) is 87.3 Å². The van der Waals surface area contributed by atoms with E-state index in [0.717, 1.165) is 5.76 Å². The number of carbonyl (C=O) groups excluding carboxylic acids is 1. The zero-order valence-corrected chi connectivity index (χ0v) is 16.0. The van der Waals surface area contributed by atoms with E-state index in [4.69, 9.17) is 25.5 Å². The molecule has 2 heterocycles. The number of hydrogen-bond acceptors (Lipinski definition) is 4. The third-order valence-corrected chi connectivity index (χ3v) is 4.86. The van der Waals surface area contributed by atoms with Crippen molar-refractivity contribution in [2.24, 2.45) is 0 Å². The van der Waals surface area contributed by atoms with Crippen molar-refractivity contribution in [3.63, 3.8) is 0 Å². The summed E-state index contributed by atoms with van der Waals surface area (Å²) in [5, 5.41) is 0.296. The zero-order chi connectivity index (χ0) is 19.8. The predicted octanol–water partition coefficient (Wildman–Crippen LogP) is 5.88. The van der Waals surface area contributed by atoms with Gasteiger partial charge in [0.25, 0.3) is 0 Å². The lowest BCUT2D eigenvalue weighted by atomic mass is 10.1. The molecule has 0 amide bonds. The van der Waals surface area contributed by atoms with Crippen molar-refractivity contribution in [2.45, 2.75) is 20.5 Å². The van der Waals surface area contributed by atoms with Crippen LogP contribution in [0, 0.1) is 19.7 Å². The molecule has 1 aliphatic heterocycles. The summed E-state index contributed by atoms with van der Waals surface area (Å²) in [6.07, 6.45) is 1.56. The van der Waals surface area contributed by atoms with E-state index in [-0.39, 0.29) is 23.7 Å². The molecule has 2 aromatic carbocycles. The molecule has 0 bridgehead atoms. The van der Waals surface area contributed by atoms with Gasteiger partial charge >= 0.3 is 0 Å². The topological polar surface area (TPSA) is 48.7 Å². The van der Waals surface area contributed by atoms with Crippen LogP contribution in [0.1, 0.15) is 33.0 Å². The van der Waals surface area contributed by atoms with Crippen molar-refractivity contribution >= 4 is 23.5 Å². The minimum Gasteiger partial charge on any atom is -0.488 e. The van der Waals surface area contributed by atoms with Gasteiger partial charge in [0.15, 0.2) is 5.76 Å². The quantitative estimate of drug-likeness (QED) is 0.514. The van der Waals surface area contributed by atoms with E-state index in [1.807, 2.05) is 13.0 Å². The number of hydrogen-bond donors (Lipinski definition) is 0. The molecule has 0 fully saturated rings. The number of aryl methyl sites for hydroxylation is 1. The van der Waals surface area contributed by atoms with Crippen LogP contribution in [0.15, 0.2) is 52.6 Å². The molecule has 0 atom stereocenters. The Bertz CT molecular complexity index is 1090. The average molecular weight is 399 g/mol. The molecule has 4 nitrogen and oxygen atoms in total. The molecule has 0 radical (unpaired) electrons. The highest BCUT2D eigenvalue weighted by molar-refractivity contribution is 6.31. The lowest BCUT2D eigenvalue weighted by Gasteiger charge is -2.12. The van der Waals surface area contributed by atoms with Gasteiger partial charge in [0.1, 0.15) is 35.4 Å². The number of ether oxygens (including phenoxy) is 2. The monoisotopic (exact) mass is 398 g/mol. The molecule has 0 saturated heterocycles. The van der Waals surface area contributed by atoms with Crippen molar-refractivity contribution < 1.29 is 23.1 Å². The van der Waals surface area contributed by atoms with E-state index in [1.165, 1.54) is 12.1 Å². The molecule has 0 unspecified atom stereocenters. The molecule has 142 valence electrons. The fourth-order valence-corrected chi connectivity index (χ4v) is 3.22. The third-order valence-electron chi connectivity index (χ3n) is 4.50. The van der Waals surface area contributed by atoms with Crippen molar-refractivity contribution in [1.82, 2.24) is 0 Å². The van der Waals surface area contributed by atoms with Crippen LogP contribution in [-0.2, 0) is 6.61 Å². The highest BCUT2D eigenvalue weighted by Gasteiger charge is 2.30. The first kappa shape index (κ1) is 18.3. The Morgan fingerprint density at radius 2 is 1.96 bits per heavy atom. The number of benzene rings is 2. The van der Waals surface area contributed by atoms with Crippen LogP contribution in [0.3, 0.4) is 0 Å². The lowest BCUT2D eigenvalue weighted by molar-refractivity contribution is 0.101. The van der Waals surface area contributed by atoms with Gasteiger partial charge in [-0.3, -0.25) is 4.79 Å². The Labute approximate surface area is 166 Å². The summed E-state index contributed by atoms with van der Waals surface area (Å²) in [6.45, 7) is 3.57. The van der Waals surface area contributed by atoms with Crippen LogP contribution >= 0.6 is 11.6 Å². The van der Waals surface area contributed by atoms with E-state index >= 15 is 0 Å². The highest BCUT2D eigenvalue weighted by Crippen LogP contribution is 2.39. The van der Waals surface area contributed by atoms with Crippen LogP contribution in [0.2, 0.25) is 5.02 Å². The van der Waals surface area contributed by atoms with Crippen LogP contribution in [0.5, 0.6) is 11.5 Å². The van der Waals surface area contributed by atoms with E-state index in [9.17, 15) is 9.18 Å². The number of carbonyl (C=O) groups is 1. The summed E-state index contributed by atoms with van der Waals surface area (Å²) in [5.74, 6) is 1.72. The Morgan fingerprint density at radius 3 is 2.68 bits per heavy atom. The number of ketones is 1. The van der Waals surface area contributed by atoms with Gasteiger partial charge in [0, 0.05) is 17.2 Å².